The van der Waals surface area contributed by atoms with Crippen molar-refractivity contribution in [2.24, 2.45) is 0 Å². The number of rotatable bonds is 8. The van der Waals surface area contributed by atoms with Crippen LogP contribution >= 0.6 is 0 Å². The fraction of sp³-hybridized carbons (Fsp3) is 0.438. The first-order valence-electron chi connectivity index (χ1n) is 6.86. The molecule has 108 valence electrons. The number of ether oxygens (including phenoxy) is 2. The highest BCUT2D eigenvalue weighted by Crippen LogP contribution is 2.16. The molecule has 2 unspecified atom stereocenters. The number of hydrogen-bond donors (Lipinski definition) is 2. The average molecular weight is 275 g/mol. The highest BCUT2D eigenvalue weighted by Gasteiger charge is 2.22. The van der Waals surface area contributed by atoms with E-state index in [2.05, 4.69) is 0 Å². The lowest BCUT2D eigenvalue weighted by atomic mass is 10.1. The highest BCUT2D eigenvalue weighted by molar-refractivity contribution is 5.78. The van der Waals surface area contributed by atoms with E-state index in [9.17, 15) is 5.11 Å². The van der Waals surface area contributed by atoms with E-state index in [0.29, 0.717) is 25.2 Å². The maximum Gasteiger partial charge on any atom is 0.119 e. The first kappa shape index (κ1) is 14.8. The van der Waals surface area contributed by atoms with Crippen LogP contribution in [0.25, 0.3) is 6.08 Å². The Labute approximate surface area is 119 Å². The van der Waals surface area contributed by atoms with E-state index in [1.807, 2.05) is 36.4 Å². The van der Waals surface area contributed by atoms with E-state index in [1.54, 1.807) is 6.92 Å². The van der Waals surface area contributed by atoms with Gasteiger partial charge in [0.1, 0.15) is 18.5 Å². The topological polar surface area (TPSA) is 65.8 Å². The lowest BCUT2D eigenvalue weighted by molar-refractivity contribution is 0.186. The predicted octanol–water partition coefficient (Wildman–Crippen LogP) is 2.66. The van der Waals surface area contributed by atoms with Crippen molar-refractivity contribution in [3.05, 3.63) is 35.9 Å². The van der Waals surface area contributed by atoms with Crippen LogP contribution in [0.15, 0.2) is 30.3 Å². The van der Waals surface area contributed by atoms with E-state index >= 15 is 0 Å². The SMILES string of the molecule is CC(=N)CC(O)C/C=C/c1ccc(OCC2CO2)cc1. The van der Waals surface area contributed by atoms with Gasteiger partial charge in [0.05, 0.1) is 12.7 Å². The van der Waals surface area contributed by atoms with Crippen LogP contribution in [0.2, 0.25) is 0 Å². The summed E-state index contributed by atoms with van der Waals surface area (Å²) >= 11 is 0. The van der Waals surface area contributed by atoms with Crippen LogP contribution in [-0.4, -0.2) is 36.2 Å². The monoisotopic (exact) mass is 275 g/mol. The minimum absolute atomic E-state index is 0.272. The van der Waals surface area contributed by atoms with E-state index in [1.165, 1.54) is 0 Å². The van der Waals surface area contributed by atoms with Crippen molar-refractivity contribution in [3.8, 4) is 5.75 Å². The third kappa shape index (κ3) is 5.55. The van der Waals surface area contributed by atoms with Crippen molar-refractivity contribution >= 4 is 11.8 Å². The summed E-state index contributed by atoms with van der Waals surface area (Å²) < 4.78 is 10.6. The van der Waals surface area contributed by atoms with Gasteiger partial charge < -0.3 is 20.0 Å². The molecule has 2 rings (SSSR count). The Morgan fingerprint density at radius 2 is 2.20 bits per heavy atom. The van der Waals surface area contributed by atoms with Crippen LogP contribution < -0.4 is 4.74 Å². The zero-order valence-electron chi connectivity index (χ0n) is 11.7. The molecule has 1 saturated heterocycles. The molecular weight excluding hydrogens is 254 g/mol. The van der Waals surface area contributed by atoms with Crippen LogP contribution in [-0.2, 0) is 4.74 Å². The second-order valence-electron chi connectivity index (χ2n) is 5.11. The summed E-state index contributed by atoms with van der Waals surface area (Å²) in [6.45, 7) is 3.13. The minimum Gasteiger partial charge on any atom is -0.491 e. The van der Waals surface area contributed by atoms with Gasteiger partial charge in [-0.3, -0.25) is 0 Å². The fourth-order valence-corrected chi connectivity index (χ4v) is 1.83. The summed E-state index contributed by atoms with van der Waals surface area (Å²) in [6.07, 6.45) is 4.70. The zero-order chi connectivity index (χ0) is 14.4. The van der Waals surface area contributed by atoms with E-state index in [0.717, 1.165) is 17.9 Å². The molecule has 0 aromatic heterocycles. The number of epoxide rings is 1. The number of hydrogen-bond acceptors (Lipinski definition) is 4. The maximum absolute atomic E-state index is 9.65. The van der Waals surface area contributed by atoms with Crippen molar-refractivity contribution in [2.75, 3.05) is 13.2 Å². The van der Waals surface area contributed by atoms with Gasteiger partial charge in [-0.25, -0.2) is 0 Å². The molecule has 0 bridgehead atoms. The predicted molar refractivity (Wildman–Crippen MR) is 79.4 cm³/mol. The zero-order valence-corrected chi connectivity index (χ0v) is 11.7. The normalized spacial score (nSPS) is 19.0. The molecule has 4 nitrogen and oxygen atoms in total. The van der Waals surface area contributed by atoms with Gasteiger partial charge in [0.25, 0.3) is 0 Å². The molecule has 1 fully saturated rings. The van der Waals surface area contributed by atoms with Crippen molar-refractivity contribution in [2.45, 2.75) is 32.0 Å². The summed E-state index contributed by atoms with van der Waals surface area (Å²) in [5.74, 6) is 0.845. The summed E-state index contributed by atoms with van der Waals surface area (Å²) in [6, 6.07) is 7.82. The van der Waals surface area contributed by atoms with Crippen molar-refractivity contribution in [1.82, 2.24) is 0 Å². The van der Waals surface area contributed by atoms with E-state index in [4.69, 9.17) is 14.9 Å². The number of nitrogens with one attached hydrogen (secondary N) is 1. The van der Waals surface area contributed by atoms with Gasteiger partial charge in [0.2, 0.25) is 0 Å². The van der Waals surface area contributed by atoms with Gasteiger partial charge in [-0.15, -0.1) is 0 Å². The van der Waals surface area contributed by atoms with Crippen LogP contribution in [0.4, 0.5) is 0 Å². The second kappa shape index (κ2) is 7.22. The Balaban J connectivity index is 1.75. The van der Waals surface area contributed by atoms with Crippen LogP contribution in [0.3, 0.4) is 0 Å². The average Bonchev–Trinajstić information content (AvgIpc) is 3.21. The van der Waals surface area contributed by atoms with Crippen LogP contribution in [0.5, 0.6) is 5.75 Å². The van der Waals surface area contributed by atoms with Crippen molar-refractivity contribution in [1.29, 1.82) is 5.41 Å². The number of aliphatic hydroxyl groups is 1. The third-order valence-electron chi connectivity index (χ3n) is 2.98. The summed E-state index contributed by atoms with van der Waals surface area (Å²) in [7, 11) is 0. The number of aliphatic hydroxyl groups excluding tert-OH is 1. The smallest absolute Gasteiger partial charge is 0.119 e. The Kier molecular flexibility index (Phi) is 5.32. The third-order valence-corrected chi connectivity index (χ3v) is 2.98. The van der Waals surface area contributed by atoms with Gasteiger partial charge in [0.15, 0.2) is 0 Å². The van der Waals surface area contributed by atoms with Crippen LogP contribution in [0.1, 0.15) is 25.3 Å². The maximum atomic E-state index is 9.65. The molecular formula is C16H21NO3. The number of benzene rings is 1. The molecule has 1 aromatic carbocycles. The summed E-state index contributed by atoms with van der Waals surface area (Å²) in [5, 5.41) is 17.0. The van der Waals surface area contributed by atoms with Gasteiger partial charge in [-0.1, -0.05) is 24.3 Å². The highest BCUT2D eigenvalue weighted by atomic mass is 16.6. The molecule has 0 amide bonds. The van der Waals surface area contributed by atoms with E-state index in [-0.39, 0.29) is 6.10 Å². The lowest BCUT2D eigenvalue weighted by Gasteiger charge is -2.06. The molecule has 0 aliphatic carbocycles. The second-order valence-corrected chi connectivity index (χ2v) is 5.11. The van der Waals surface area contributed by atoms with Gasteiger partial charge in [-0.05, 0) is 31.0 Å². The van der Waals surface area contributed by atoms with Gasteiger partial charge >= 0.3 is 0 Å². The first-order valence-corrected chi connectivity index (χ1v) is 6.86. The summed E-state index contributed by atoms with van der Waals surface area (Å²) in [4.78, 5) is 0. The van der Waals surface area contributed by atoms with Crippen molar-refractivity contribution < 1.29 is 14.6 Å². The standard InChI is InChI=1S/C16H21NO3/c1-12(17)9-14(18)4-2-3-13-5-7-15(8-6-13)19-10-16-11-20-16/h2-3,5-8,14,16-18H,4,9-11H2,1H3/b3-2+,17-12?. The molecule has 20 heavy (non-hydrogen) atoms. The molecule has 1 aliphatic heterocycles. The fourth-order valence-electron chi connectivity index (χ4n) is 1.83. The van der Waals surface area contributed by atoms with Gasteiger partial charge in [-0.2, -0.15) is 0 Å². The lowest BCUT2D eigenvalue weighted by Crippen LogP contribution is -2.09. The molecule has 0 saturated carbocycles. The molecule has 4 heteroatoms. The Morgan fingerprint density at radius 3 is 2.80 bits per heavy atom. The van der Waals surface area contributed by atoms with Gasteiger partial charge in [0, 0.05) is 12.1 Å². The molecule has 0 radical (unpaired) electrons. The van der Waals surface area contributed by atoms with E-state index < -0.39 is 6.10 Å². The van der Waals surface area contributed by atoms with Crippen molar-refractivity contribution in [3.63, 3.8) is 0 Å². The Morgan fingerprint density at radius 1 is 1.50 bits per heavy atom. The molecule has 1 aromatic rings. The first-order chi connectivity index (χ1) is 9.63. The minimum atomic E-state index is -0.468. The largest absolute Gasteiger partial charge is 0.491 e. The van der Waals surface area contributed by atoms with Crippen LogP contribution in [0, 0.1) is 5.41 Å². The molecule has 1 aliphatic rings. The summed E-state index contributed by atoms with van der Waals surface area (Å²) in [5.41, 5.74) is 1.57. The Hall–Kier alpha value is -1.65. The Bertz CT molecular complexity index is 463. The molecule has 1 heterocycles. The molecule has 0 spiro atoms. The quantitative estimate of drug-likeness (QED) is 0.566. The molecule has 2 N–H and O–H groups in total. The molecule has 2 atom stereocenters.